The summed E-state index contributed by atoms with van der Waals surface area (Å²) in [6.45, 7) is 0.599. The lowest BCUT2D eigenvalue weighted by molar-refractivity contribution is 0.0963. The zero-order valence-corrected chi connectivity index (χ0v) is 14.3. The standard InChI is InChI=1S/C15H13BrCl2N2O/c1-19-15(21)11-7-10(3-5-13(11)17)20-8-9-2-4-12(16)14(18)6-9/h2-7,20H,8H2,1H3,(H,19,21). The maximum Gasteiger partial charge on any atom is 0.252 e. The summed E-state index contributed by atoms with van der Waals surface area (Å²) in [7, 11) is 1.57. The summed E-state index contributed by atoms with van der Waals surface area (Å²) in [4.78, 5) is 11.7. The van der Waals surface area contributed by atoms with Gasteiger partial charge in [-0.15, -0.1) is 0 Å². The van der Waals surface area contributed by atoms with Gasteiger partial charge in [0.15, 0.2) is 0 Å². The Hall–Kier alpha value is -1.23. The van der Waals surface area contributed by atoms with Crippen molar-refractivity contribution in [3.63, 3.8) is 0 Å². The van der Waals surface area contributed by atoms with E-state index in [0.29, 0.717) is 22.2 Å². The Bertz CT molecular complexity index is 677. The molecule has 0 atom stereocenters. The van der Waals surface area contributed by atoms with Gasteiger partial charge in [-0.2, -0.15) is 0 Å². The van der Waals surface area contributed by atoms with Gasteiger partial charge in [0, 0.05) is 23.8 Å². The van der Waals surface area contributed by atoms with Gasteiger partial charge in [-0.05, 0) is 51.8 Å². The van der Waals surface area contributed by atoms with E-state index >= 15 is 0 Å². The van der Waals surface area contributed by atoms with Crippen molar-refractivity contribution in [3.05, 3.63) is 62.0 Å². The van der Waals surface area contributed by atoms with Crippen molar-refractivity contribution in [3.8, 4) is 0 Å². The van der Waals surface area contributed by atoms with Crippen molar-refractivity contribution < 1.29 is 4.79 Å². The smallest absolute Gasteiger partial charge is 0.252 e. The molecule has 0 aliphatic carbocycles. The minimum atomic E-state index is -0.213. The van der Waals surface area contributed by atoms with Crippen LogP contribution in [0.15, 0.2) is 40.9 Å². The number of halogens is 3. The van der Waals surface area contributed by atoms with Crippen LogP contribution in [-0.4, -0.2) is 13.0 Å². The van der Waals surface area contributed by atoms with Gasteiger partial charge in [-0.25, -0.2) is 0 Å². The summed E-state index contributed by atoms with van der Waals surface area (Å²) in [5.41, 5.74) is 2.30. The van der Waals surface area contributed by atoms with E-state index < -0.39 is 0 Å². The zero-order valence-electron chi connectivity index (χ0n) is 11.2. The molecule has 21 heavy (non-hydrogen) atoms. The van der Waals surface area contributed by atoms with Crippen LogP contribution < -0.4 is 10.6 Å². The maximum atomic E-state index is 11.7. The zero-order chi connectivity index (χ0) is 15.4. The van der Waals surface area contributed by atoms with E-state index in [4.69, 9.17) is 23.2 Å². The molecule has 0 spiro atoms. The lowest BCUT2D eigenvalue weighted by Gasteiger charge is -2.10. The normalized spacial score (nSPS) is 10.3. The fraction of sp³-hybridized carbons (Fsp3) is 0.133. The van der Waals surface area contributed by atoms with Crippen molar-refractivity contribution in [1.29, 1.82) is 0 Å². The van der Waals surface area contributed by atoms with Crippen LogP contribution in [0.2, 0.25) is 10.0 Å². The minimum absolute atomic E-state index is 0.213. The number of hydrogen-bond donors (Lipinski definition) is 2. The van der Waals surface area contributed by atoms with Crippen molar-refractivity contribution in [2.75, 3.05) is 12.4 Å². The summed E-state index contributed by atoms with van der Waals surface area (Å²) < 4.78 is 0.862. The SMILES string of the molecule is CNC(=O)c1cc(NCc2ccc(Br)c(Cl)c2)ccc1Cl. The van der Waals surface area contributed by atoms with Crippen LogP contribution in [0, 0.1) is 0 Å². The quantitative estimate of drug-likeness (QED) is 0.796. The first-order valence-corrected chi connectivity index (χ1v) is 7.75. The highest BCUT2D eigenvalue weighted by molar-refractivity contribution is 9.10. The molecule has 0 aliphatic heterocycles. The number of carbonyl (C=O) groups excluding carboxylic acids is 1. The first-order valence-electron chi connectivity index (χ1n) is 6.20. The van der Waals surface area contributed by atoms with Crippen molar-refractivity contribution in [1.82, 2.24) is 5.32 Å². The average molecular weight is 388 g/mol. The molecular weight excluding hydrogens is 375 g/mol. The third-order valence-electron chi connectivity index (χ3n) is 2.92. The lowest BCUT2D eigenvalue weighted by Crippen LogP contribution is -2.18. The number of rotatable bonds is 4. The van der Waals surface area contributed by atoms with Crippen molar-refractivity contribution in [2.45, 2.75) is 6.54 Å². The second-order valence-corrected chi connectivity index (χ2v) is 6.04. The molecule has 3 nitrogen and oxygen atoms in total. The number of anilines is 1. The molecular formula is C15H13BrCl2N2O. The Morgan fingerprint density at radius 1 is 1.14 bits per heavy atom. The Kier molecular flexibility index (Phi) is 5.51. The topological polar surface area (TPSA) is 41.1 Å². The van der Waals surface area contributed by atoms with E-state index in [-0.39, 0.29) is 5.91 Å². The molecule has 1 amide bonds. The summed E-state index contributed by atoms with van der Waals surface area (Å²) >= 11 is 15.4. The second kappa shape index (κ2) is 7.16. The minimum Gasteiger partial charge on any atom is -0.381 e. The van der Waals surface area contributed by atoms with Crippen LogP contribution in [0.1, 0.15) is 15.9 Å². The average Bonchev–Trinajstić information content (AvgIpc) is 2.49. The van der Waals surface area contributed by atoms with Gasteiger partial charge in [0.05, 0.1) is 15.6 Å². The molecule has 0 aliphatic rings. The molecule has 0 unspecified atom stereocenters. The highest BCUT2D eigenvalue weighted by Gasteiger charge is 2.09. The van der Waals surface area contributed by atoms with Crippen LogP contribution in [0.3, 0.4) is 0 Å². The summed E-state index contributed by atoms with van der Waals surface area (Å²) in [6.07, 6.45) is 0. The Morgan fingerprint density at radius 2 is 1.90 bits per heavy atom. The largest absolute Gasteiger partial charge is 0.381 e. The molecule has 0 saturated carbocycles. The molecule has 2 aromatic rings. The van der Waals surface area contributed by atoms with Gasteiger partial charge in [0.25, 0.3) is 5.91 Å². The maximum absolute atomic E-state index is 11.7. The molecule has 0 bridgehead atoms. The molecule has 0 saturated heterocycles. The fourth-order valence-electron chi connectivity index (χ4n) is 1.80. The predicted molar refractivity (Wildman–Crippen MR) is 91.3 cm³/mol. The number of carbonyl (C=O) groups is 1. The van der Waals surface area contributed by atoms with Crippen LogP contribution >= 0.6 is 39.1 Å². The number of amides is 1. The highest BCUT2D eigenvalue weighted by atomic mass is 79.9. The number of hydrogen-bond acceptors (Lipinski definition) is 2. The predicted octanol–water partition coefficient (Wildman–Crippen LogP) is 4.73. The second-order valence-electron chi connectivity index (χ2n) is 4.38. The molecule has 2 N–H and O–H groups in total. The molecule has 2 aromatic carbocycles. The van der Waals surface area contributed by atoms with Gasteiger partial charge in [0.1, 0.15) is 0 Å². The first-order chi connectivity index (χ1) is 10.0. The van der Waals surface area contributed by atoms with E-state index in [1.807, 2.05) is 24.3 Å². The highest BCUT2D eigenvalue weighted by Crippen LogP contribution is 2.24. The van der Waals surface area contributed by atoms with Crippen molar-refractivity contribution >= 4 is 50.7 Å². The molecule has 110 valence electrons. The molecule has 0 heterocycles. The fourth-order valence-corrected chi connectivity index (χ4v) is 2.45. The van der Waals surface area contributed by atoms with Gasteiger partial charge in [-0.3, -0.25) is 4.79 Å². The number of benzene rings is 2. The summed E-state index contributed by atoms with van der Waals surface area (Å²) in [6, 6.07) is 11.0. The van der Waals surface area contributed by atoms with E-state index in [9.17, 15) is 4.79 Å². The third-order valence-corrected chi connectivity index (χ3v) is 4.48. The van der Waals surface area contributed by atoms with Crippen LogP contribution in [0.25, 0.3) is 0 Å². The Balaban J connectivity index is 2.13. The van der Waals surface area contributed by atoms with Gasteiger partial charge >= 0.3 is 0 Å². The van der Waals surface area contributed by atoms with E-state index in [1.165, 1.54) is 0 Å². The van der Waals surface area contributed by atoms with E-state index in [2.05, 4.69) is 26.6 Å². The van der Waals surface area contributed by atoms with Crippen LogP contribution in [-0.2, 0) is 6.54 Å². The lowest BCUT2D eigenvalue weighted by atomic mass is 10.1. The van der Waals surface area contributed by atoms with Gasteiger partial charge in [-0.1, -0.05) is 29.3 Å². The number of nitrogens with one attached hydrogen (secondary N) is 2. The van der Waals surface area contributed by atoms with Crippen LogP contribution in [0.4, 0.5) is 5.69 Å². The van der Waals surface area contributed by atoms with E-state index in [0.717, 1.165) is 15.7 Å². The monoisotopic (exact) mass is 386 g/mol. The molecule has 0 aromatic heterocycles. The third kappa shape index (κ3) is 4.13. The summed E-state index contributed by atoms with van der Waals surface area (Å²) in [5.74, 6) is -0.213. The molecule has 2 rings (SSSR count). The molecule has 6 heteroatoms. The Labute approximate surface area is 141 Å². The van der Waals surface area contributed by atoms with Crippen molar-refractivity contribution in [2.24, 2.45) is 0 Å². The van der Waals surface area contributed by atoms with Gasteiger partial charge in [0.2, 0.25) is 0 Å². The van der Waals surface area contributed by atoms with Crippen LogP contribution in [0.5, 0.6) is 0 Å². The van der Waals surface area contributed by atoms with Gasteiger partial charge < -0.3 is 10.6 Å². The first kappa shape index (κ1) is 16.1. The Morgan fingerprint density at radius 3 is 2.57 bits per heavy atom. The summed E-state index contributed by atoms with van der Waals surface area (Å²) in [5, 5.41) is 6.89. The van der Waals surface area contributed by atoms with E-state index in [1.54, 1.807) is 19.2 Å². The molecule has 0 fully saturated rings. The molecule has 0 radical (unpaired) electrons.